The number of aryl methyl sites for hydroxylation is 1. The van der Waals surface area contributed by atoms with Crippen LogP contribution in [0.3, 0.4) is 0 Å². The van der Waals surface area contributed by atoms with Crippen LogP contribution in [-0.2, 0) is 25.5 Å². The molecule has 1 aliphatic heterocycles. The third kappa shape index (κ3) is 5.26. The molecule has 0 radical (unpaired) electrons. The van der Waals surface area contributed by atoms with Crippen molar-refractivity contribution in [1.29, 1.82) is 0 Å². The molecule has 0 bridgehead atoms. The number of nitrogens with one attached hydrogen (secondary N) is 2. The second-order valence-electron chi connectivity index (χ2n) is 6.59. The highest BCUT2D eigenvalue weighted by molar-refractivity contribution is 8.00. The normalized spacial score (nSPS) is 12.5. The summed E-state index contributed by atoms with van der Waals surface area (Å²) >= 11 is 2.66. The van der Waals surface area contributed by atoms with Gasteiger partial charge in [0.2, 0.25) is 5.91 Å². The third-order valence-corrected chi connectivity index (χ3v) is 6.61. The topological polar surface area (TPSA) is 111 Å². The number of benzene rings is 1. The fourth-order valence-electron chi connectivity index (χ4n) is 3.10. The average molecular weight is 463 g/mol. The number of rotatable bonds is 7. The van der Waals surface area contributed by atoms with Crippen LogP contribution in [0.15, 0.2) is 23.1 Å². The van der Waals surface area contributed by atoms with Crippen molar-refractivity contribution in [1.82, 2.24) is 0 Å². The summed E-state index contributed by atoms with van der Waals surface area (Å²) in [5, 5.41) is 5.73. The minimum absolute atomic E-state index is 0.141. The van der Waals surface area contributed by atoms with E-state index in [1.54, 1.807) is 19.1 Å². The highest BCUT2D eigenvalue weighted by atomic mass is 32.2. The quantitative estimate of drug-likeness (QED) is 0.605. The van der Waals surface area contributed by atoms with Crippen molar-refractivity contribution in [3.8, 4) is 0 Å². The fourth-order valence-corrected chi connectivity index (χ4v) is 5.04. The number of carbonyl (C=O) groups excluding carboxylic acids is 4. The Bertz CT molecular complexity index is 1050. The summed E-state index contributed by atoms with van der Waals surface area (Å²) in [6.45, 7) is 5.21. The Morgan fingerprint density at radius 3 is 2.65 bits per heavy atom. The van der Waals surface area contributed by atoms with Gasteiger partial charge in [-0.05, 0) is 44.0 Å². The second-order valence-corrected chi connectivity index (χ2v) is 8.83. The van der Waals surface area contributed by atoms with Crippen LogP contribution < -0.4 is 10.6 Å². The fraction of sp³-hybridized carbons (Fsp3) is 0.333. The number of ether oxygens (including phenoxy) is 2. The first kappa shape index (κ1) is 22.8. The first-order valence-corrected chi connectivity index (χ1v) is 11.5. The molecule has 2 heterocycles. The molecule has 0 saturated carbocycles. The SMILES string of the molecule is CCOC(=O)c1c(NC(=O)COC(=O)c2ccc3c(c2)NC(=O)CS3)sc(C)c1CC. The second kappa shape index (κ2) is 9.97. The maximum atomic E-state index is 12.4. The van der Waals surface area contributed by atoms with E-state index < -0.39 is 24.5 Å². The molecule has 31 heavy (non-hydrogen) atoms. The first-order chi connectivity index (χ1) is 14.8. The number of thiophene rings is 1. The Morgan fingerprint density at radius 2 is 1.94 bits per heavy atom. The van der Waals surface area contributed by atoms with Gasteiger partial charge in [0.25, 0.3) is 5.91 Å². The number of esters is 2. The van der Waals surface area contributed by atoms with Crippen LogP contribution in [0.1, 0.15) is 45.0 Å². The molecule has 2 amide bonds. The van der Waals surface area contributed by atoms with Crippen LogP contribution in [0.4, 0.5) is 10.7 Å². The maximum absolute atomic E-state index is 12.4. The van der Waals surface area contributed by atoms with Crippen LogP contribution in [0.25, 0.3) is 0 Å². The van der Waals surface area contributed by atoms with Crippen molar-refractivity contribution in [2.75, 3.05) is 29.6 Å². The molecular weight excluding hydrogens is 440 g/mol. The lowest BCUT2D eigenvalue weighted by Gasteiger charge is -2.16. The van der Waals surface area contributed by atoms with Gasteiger partial charge in [-0.1, -0.05) is 6.92 Å². The van der Waals surface area contributed by atoms with Crippen molar-refractivity contribution in [2.45, 2.75) is 32.1 Å². The minimum Gasteiger partial charge on any atom is -0.462 e. The van der Waals surface area contributed by atoms with Gasteiger partial charge in [0.15, 0.2) is 6.61 Å². The van der Waals surface area contributed by atoms with E-state index >= 15 is 0 Å². The number of hydrogen-bond acceptors (Lipinski definition) is 8. The monoisotopic (exact) mass is 462 g/mol. The molecule has 2 aromatic rings. The molecule has 0 atom stereocenters. The van der Waals surface area contributed by atoms with Crippen LogP contribution >= 0.6 is 23.1 Å². The lowest BCUT2D eigenvalue weighted by molar-refractivity contribution is -0.119. The Labute approximate surface area is 187 Å². The molecule has 8 nitrogen and oxygen atoms in total. The highest BCUT2D eigenvalue weighted by Gasteiger charge is 2.24. The van der Waals surface area contributed by atoms with E-state index in [1.165, 1.54) is 29.2 Å². The van der Waals surface area contributed by atoms with Crippen molar-refractivity contribution in [3.05, 3.63) is 39.8 Å². The molecule has 1 aromatic carbocycles. The number of carbonyl (C=O) groups is 4. The van der Waals surface area contributed by atoms with Crippen molar-refractivity contribution in [3.63, 3.8) is 0 Å². The van der Waals surface area contributed by atoms with Crippen LogP contribution in [0, 0.1) is 6.92 Å². The average Bonchev–Trinajstić information content (AvgIpc) is 3.06. The number of hydrogen-bond donors (Lipinski definition) is 2. The molecular formula is C21H22N2O6S2. The molecule has 3 rings (SSSR count). The Morgan fingerprint density at radius 1 is 1.16 bits per heavy atom. The molecule has 10 heteroatoms. The Kier molecular flexibility index (Phi) is 7.34. The Balaban J connectivity index is 1.66. The number of fused-ring (bicyclic) bond motifs is 1. The molecule has 0 aliphatic carbocycles. The van der Waals surface area contributed by atoms with E-state index in [0.717, 1.165) is 15.3 Å². The smallest absolute Gasteiger partial charge is 0.341 e. The van der Waals surface area contributed by atoms with E-state index in [0.29, 0.717) is 28.4 Å². The number of thioether (sulfide) groups is 1. The van der Waals surface area contributed by atoms with Gasteiger partial charge < -0.3 is 20.1 Å². The molecule has 1 aliphatic rings. The lowest BCUT2D eigenvalue weighted by atomic mass is 10.1. The summed E-state index contributed by atoms with van der Waals surface area (Å²) in [5.74, 6) is -1.57. The summed E-state index contributed by atoms with van der Waals surface area (Å²) < 4.78 is 10.2. The zero-order valence-corrected chi connectivity index (χ0v) is 19.0. The van der Waals surface area contributed by atoms with Gasteiger partial charge in [0.1, 0.15) is 5.00 Å². The predicted molar refractivity (Wildman–Crippen MR) is 119 cm³/mol. The van der Waals surface area contributed by atoms with Gasteiger partial charge >= 0.3 is 11.9 Å². The highest BCUT2D eigenvalue weighted by Crippen LogP contribution is 2.34. The first-order valence-electron chi connectivity index (χ1n) is 9.67. The van der Waals surface area contributed by atoms with Crippen molar-refractivity contribution in [2.24, 2.45) is 0 Å². The van der Waals surface area contributed by atoms with Crippen LogP contribution in [0.5, 0.6) is 0 Å². The molecule has 0 spiro atoms. The van der Waals surface area contributed by atoms with Crippen LogP contribution in [0.2, 0.25) is 0 Å². The summed E-state index contributed by atoms with van der Waals surface area (Å²) in [6, 6.07) is 4.83. The third-order valence-electron chi connectivity index (χ3n) is 4.48. The molecule has 1 aromatic heterocycles. The predicted octanol–water partition coefficient (Wildman–Crippen LogP) is 3.64. The van der Waals surface area contributed by atoms with Gasteiger partial charge in [-0.25, -0.2) is 9.59 Å². The number of amides is 2. The minimum atomic E-state index is -0.690. The molecule has 0 unspecified atom stereocenters. The van der Waals surface area contributed by atoms with Gasteiger partial charge in [-0.15, -0.1) is 23.1 Å². The zero-order valence-electron chi connectivity index (χ0n) is 17.3. The standard InChI is InChI=1S/C21H22N2O6S2/c1-4-13-11(3)31-19(18(13)21(27)28-5-2)23-16(24)9-29-20(26)12-6-7-15-14(8-12)22-17(25)10-30-15/h6-8H,4-5,9-10H2,1-3H3,(H,22,25)(H,23,24). The largest absolute Gasteiger partial charge is 0.462 e. The Hall–Kier alpha value is -2.85. The van der Waals surface area contributed by atoms with Gasteiger partial charge in [0.05, 0.1) is 29.2 Å². The van der Waals surface area contributed by atoms with E-state index in [4.69, 9.17) is 9.47 Å². The van der Waals surface area contributed by atoms with Crippen molar-refractivity contribution < 1.29 is 28.7 Å². The van der Waals surface area contributed by atoms with E-state index in [9.17, 15) is 19.2 Å². The van der Waals surface area contributed by atoms with E-state index in [1.807, 2.05) is 13.8 Å². The summed E-state index contributed by atoms with van der Waals surface area (Å²) in [7, 11) is 0. The lowest BCUT2D eigenvalue weighted by Crippen LogP contribution is -2.22. The van der Waals surface area contributed by atoms with Gasteiger partial charge in [-0.3, -0.25) is 9.59 Å². The summed E-state index contributed by atoms with van der Waals surface area (Å²) in [5.41, 5.74) is 1.93. The van der Waals surface area contributed by atoms with Crippen molar-refractivity contribution >= 4 is 57.5 Å². The summed E-state index contributed by atoms with van der Waals surface area (Å²) in [4.78, 5) is 50.4. The maximum Gasteiger partial charge on any atom is 0.341 e. The van der Waals surface area contributed by atoms with Crippen LogP contribution in [-0.4, -0.2) is 42.7 Å². The molecule has 2 N–H and O–H groups in total. The van der Waals surface area contributed by atoms with E-state index in [-0.39, 0.29) is 18.1 Å². The van der Waals surface area contributed by atoms with E-state index in [2.05, 4.69) is 10.6 Å². The van der Waals surface area contributed by atoms with Gasteiger partial charge in [-0.2, -0.15) is 0 Å². The molecule has 0 saturated heterocycles. The van der Waals surface area contributed by atoms with Gasteiger partial charge in [0, 0.05) is 9.77 Å². The summed E-state index contributed by atoms with van der Waals surface area (Å²) in [6.07, 6.45) is 0.620. The number of anilines is 2. The molecule has 0 fully saturated rings. The zero-order chi connectivity index (χ0) is 22.5. The molecule has 164 valence electrons.